The molecule has 2 N–H and O–H groups in total. The summed E-state index contributed by atoms with van der Waals surface area (Å²) < 4.78 is 25.9. The minimum absolute atomic E-state index is 0.207. The molecule has 4 heteroatoms. The van der Waals surface area contributed by atoms with Gasteiger partial charge in [-0.15, -0.1) is 11.3 Å². The number of hydrogen-bond acceptors (Lipinski definition) is 2. The summed E-state index contributed by atoms with van der Waals surface area (Å²) in [5.41, 5.74) is 6.52. The molecule has 1 nitrogen and oxygen atoms in total. The first-order chi connectivity index (χ1) is 7.65. The molecule has 1 atom stereocenters. The SMILES string of the molecule is NC(Cc1cc(F)cc(F)c1)c1cccs1. The summed E-state index contributed by atoms with van der Waals surface area (Å²) >= 11 is 1.55. The van der Waals surface area contributed by atoms with Crippen LogP contribution in [-0.4, -0.2) is 0 Å². The van der Waals surface area contributed by atoms with Crippen molar-refractivity contribution in [3.8, 4) is 0 Å². The summed E-state index contributed by atoms with van der Waals surface area (Å²) in [6.07, 6.45) is 0.440. The third-order valence-corrected chi connectivity index (χ3v) is 3.29. The Kier molecular flexibility index (Phi) is 3.31. The van der Waals surface area contributed by atoms with E-state index in [1.54, 1.807) is 11.3 Å². The van der Waals surface area contributed by atoms with Gasteiger partial charge in [0.2, 0.25) is 0 Å². The summed E-state index contributed by atoms with van der Waals surface area (Å²) in [6, 6.07) is 7.12. The van der Waals surface area contributed by atoms with Crippen LogP contribution in [0.25, 0.3) is 0 Å². The molecule has 2 rings (SSSR count). The Morgan fingerprint density at radius 1 is 1.19 bits per heavy atom. The van der Waals surface area contributed by atoms with E-state index in [0.29, 0.717) is 12.0 Å². The van der Waals surface area contributed by atoms with Crippen LogP contribution in [-0.2, 0) is 6.42 Å². The Hall–Kier alpha value is -1.26. The van der Waals surface area contributed by atoms with Crippen LogP contribution < -0.4 is 5.73 Å². The van der Waals surface area contributed by atoms with E-state index in [0.717, 1.165) is 10.9 Å². The molecule has 1 heterocycles. The van der Waals surface area contributed by atoms with E-state index >= 15 is 0 Å². The molecule has 16 heavy (non-hydrogen) atoms. The Labute approximate surface area is 96.5 Å². The van der Waals surface area contributed by atoms with Crippen molar-refractivity contribution < 1.29 is 8.78 Å². The lowest BCUT2D eigenvalue weighted by molar-refractivity contribution is 0.577. The highest BCUT2D eigenvalue weighted by Crippen LogP contribution is 2.21. The molecule has 1 aromatic heterocycles. The molecule has 0 saturated carbocycles. The fraction of sp³-hybridized carbons (Fsp3) is 0.167. The third kappa shape index (κ3) is 2.65. The highest BCUT2D eigenvalue weighted by molar-refractivity contribution is 7.10. The molecule has 84 valence electrons. The van der Waals surface area contributed by atoms with E-state index in [4.69, 9.17) is 5.73 Å². The van der Waals surface area contributed by atoms with Gasteiger partial charge in [-0.1, -0.05) is 6.07 Å². The van der Waals surface area contributed by atoms with Gasteiger partial charge in [-0.3, -0.25) is 0 Å². The summed E-state index contributed by atoms with van der Waals surface area (Å²) in [5, 5.41) is 1.93. The van der Waals surface area contributed by atoms with Gasteiger partial charge in [0, 0.05) is 17.0 Å². The number of halogens is 2. The van der Waals surface area contributed by atoms with Gasteiger partial charge in [-0.05, 0) is 35.6 Å². The van der Waals surface area contributed by atoms with Gasteiger partial charge < -0.3 is 5.73 Å². The van der Waals surface area contributed by atoms with Gasteiger partial charge in [0.15, 0.2) is 0 Å². The maximum atomic E-state index is 12.9. The molecule has 0 aliphatic rings. The van der Waals surface area contributed by atoms with Crippen molar-refractivity contribution in [1.82, 2.24) is 0 Å². The summed E-state index contributed by atoms with van der Waals surface area (Å²) in [7, 11) is 0. The average molecular weight is 239 g/mol. The number of thiophene rings is 1. The summed E-state index contributed by atoms with van der Waals surface area (Å²) in [4.78, 5) is 1.02. The zero-order valence-electron chi connectivity index (χ0n) is 8.49. The molecule has 0 bridgehead atoms. The largest absolute Gasteiger partial charge is 0.323 e. The number of nitrogens with two attached hydrogens (primary N) is 1. The molecule has 0 radical (unpaired) electrons. The van der Waals surface area contributed by atoms with Crippen molar-refractivity contribution >= 4 is 11.3 Å². The first-order valence-corrected chi connectivity index (χ1v) is 5.77. The van der Waals surface area contributed by atoms with E-state index in [1.165, 1.54) is 12.1 Å². The van der Waals surface area contributed by atoms with E-state index in [2.05, 4.69) is 0 Å². The van der Waals surface area contributed by atoms with E-state index in [-0.39, 0.29) is 6.04 Å². The fourth-order valence-electron chi connectivity index (χ4n) is 1.59. The van der Waals surface area contributed by atoms with Crippen LogP contribution in [0.15, 0.2) is 35.7 Å². The molecule has 0 fully saturated rings. The van der Waals surface area contributed by atoms with E-state index < -0.39 is 11.6 Å². The van der Waals surface area contributed by atoms with Crippen molar-refractivity contribution in [3.63, 3.8) is 0 Å². The second-order valence-electron chi connectivity index (χ2n) is 3.60. The Morgan fingerprint density at radius 2 is 1.88 bits per heavy atom. The smallest absolute Gasteiger partial charge is 0.126 e. The van der Waals surface area contributed by atoms with Crippen molar-refractivity contribution in [3.05, 3.63) is 57.8 Å². The zero-order chi connectivity index (χ0) is 11.5. The van der Waals surface area contributed by atoms with Crippen LogP contribution in [0, 0.1) is 11.6 Å². The normalized spacial score (nSPS) is 12.7. The zero-order valence-corrected chi connectivity index (χ0v) is 9.31. The Morgan fingerprint density at radius 3 is 2.44 bits per heavy atom. The van der Waals surface area contributed by atoms with Crippen LogP contribution in [0.4, 0.5) is 8.78 Å². The third-order valence-electron chi connectivity index (χ3n) is 2.29. The lowest BCUT2D eigenvalue weighted by atomic mass is 10.1. The first-order valence-electron chi connectivity index (χ1n) is 4.89. The second kappa shape index (κ2) is 4.72. The molecule has 0 saturated heterocycles. The number of rotatable bonds is 3. The highest BCUT2D eigenvalue weighted by Gasteiger charge is 2.09. The van der Waals surface area contributed by atoms with Gasteiger partial charge in [0.1, 0.15) is 11.6 Å². The average Bonchev–Trinajstić information content (AvgIpc) is 2.68. The highest BCUT2D eigenvalue weighted by atomic mass is 32.1. The van der Waals surface area contributed by atoms with Gasteiger partial charge in [-0.2, -0.15) is 0 Å². The number of hydrogen-bond donors (Lipinski definition) is 1. The monoisotopic (exact) mass is 239 g/mol. The van der Waals surface area contributed by atoms with Crippen molar-refractivity contribution in [1.29, 1.82) is 0 Å². The summed E-state index contributed by atoms with van der Waals surface area (Å²) in [6.45, 7) is 0. The molecule has 2 aromatic rings. The first kappa shape index (κ1) is 11.2. The van der Waals surface area contributed by atoms with Crippen molar-refractivity contribution in [2.45, 2.75) is 12.5 Å². The molecule has 0 spiro atoms. The molecule has 1 unspecified atom stereocenters. The lowest BCUT2D eigenvalue weighted by Crippen LogP contribution is -2.12. The minimum Gasteiger partial charge on any atom is -0.323 e. The molecular weight excluding hydrogens is 228 g/mol. The van der Waals surface area contributed by atoms with E-state index in [1.807, 2.05) is 17.5 Å². The fourth-order valence-corrected chi connectivity index (χ4v) is 2.32. The Balaban J connectivity index is 2.15. The minimum atomic E-state index is -0.562. The predicted octanol–water partition coefficient (Wildman–Crippen LogP) is 3.27. The topological polar surface area (TPSA) is 26.0 Å². The van der Waals surface area contributed by atoms with Gasteiger partial charge >= 0.3 is 0 Å². The maximum Gasteiger partial charge on any atom is 0.126 e. The van der Waals surface area contributed by atoms with Crippen LogP contribution in [0.3, 0.4) is 0 Å². The van der Waals surface area contributed by atoms with Gasteiger partial charge in [0.25, 0.3) is 0 Å². The standard InChI is InChI=1S/C12H11F2NS/c13-9-4-8(5-10(14)7-9)6-11(15)12-2-1-3-16-12/h1-5,7,11H,6,15H2. The molecular formula is C12H11F2NS. The van der Waals surface area contributed by atoms with Crippen LogP contribution in [0.1, 0.15) is 16.5 Å². The van der Waals surface area contributed by atoms with Crippen LogP contribution >= 0.6 is 11.3 Å². The predicted molar refractivity (Wildman–Crippen MR) is 61.3 cm³/mol. The molecule has 1 aromatic carbocycles. The van der Waals surface area contributed by atoms with Crippen LogP contribution in [0.5, 0.6) is 0 Å². The van der Waals surface area contributed by atoms with Crippen molar-refractivity contribution in [2.75, 3.05) is 0 Å². The molecule has 0 aliphatic carbocycles. The van der Waals surface area contributed by atoms with Gasteiger partial charge in [-0.25, -0.2) is 8.78 Å². The quantitative estimate of drug-likeness (QED) is 0.874. The Bertz CT molecular complexity index is 448. The van der Waals surface area contributed by atoms with Gasteiger partial charge in [0.05, 0.1) is 0 Å². The lowest BCUT2D eigenvalue weighted by Gasteiger charge is -2.09. The second-order valence-corrected chi connectivity index (χ2v) is 4.58. The number of benzene rings is 1. The van der Waals surface area contributed by atoms with Crippen LogP contribution in [0.2, 0.25) is 0 Å². The summed E-state index contributed by atoms with van der Waals surface area (Å²) in [5.74, 6) is -1.12. The molecule has 0 amide bonds. The molecule has 0 aliphatic heterocycles. The van der Waals surface area contributed by atoms with E-state index in [9.17, 15) is 8.78 Å². The van der Waals surface area contributed by atoms with Crippen molar-refractivity contribution in [2.24, 2.45) is 5.73 Å². The maximum absolute atomic E-state index is 12.9.